The molecular formula is C12H7F2FeN6O2-. The van der Waals surface area contributed by atoms with Crippen LogP contribution in [0.3, 0.4) is 0 Å². The number of nitrogens with two attached hydrogens (primary N) is 1. The molecule has 8 nitrogen and oxygen atoms in total. The van der Waals surface area contributed by atoms with Crippen LogP contribution < -0.4 is 5.73 Å². The van der Waals surface area contributed by atoms with Gasteiger partial charge in [0.2, 0.25) is 0 Å². The minimum Gasteiger partial charge on any atom is -0.406 e. The van der Waals surface area contributed by atoms with Crippen molar-refractivity contribution >= 4 is 22.7 Å². The van der Waals surface area contributed by atoms with E-state index in [1.807, 2.05) is 0 Å². The first kappa shape index (κ1) is 16.7. The molecule has 23 heavy (non-hydrogen) atoms. The summed E-state index contributed by atoms with van der Waals surface area (Å²) in [6.07, 6.45) is 3.95. The van der Waals surface area contributed by atoms with E-state index in [0.29, 0.717) is 17.5 Å². The summed E-state index contributed by atoms with van der Waals surface area (Å²) in [4.78, 5) is 17.3. The van der Waals surface area contributed by atoms with Crippen molar-refractivity contribution in [3.63, 3.8) is 0 Å². The van der Waals surface area contributed by atoms with Crippen LogP contribution in [0.2, 0.25) is 0 Å². The van der Waals surface area contributed by atoms with E-state index in [4.69, 9.17) is 5.73 Å². The smallest absolute Gasteiger partial charge is 0.275 e. The van der Waals surface area contributed by atoms with Gasteiger partial charge in [-0.3, -0.25) is 19.8 Å². The van der Waals surface area contributed by atoms with E-state index in [1.54, 1.807) is 0 Å². The summed E-state index contributed by atoms with van der Waals surface area (Å²) < 4.78 is 29.0. The van der Waals surface area contributed by atoms with Crippen LogP contribution in [0.1, 0.15) is 5.56 Å². The summed E-state index contributed by atoms with van der Waals surface area (Å²) in [6.45, 7) is -0.302. The molecule has 0 atom stereocenters. The molecule has 0 radical (unpaired) electrons. The monoisotopic (exact) mass is 361 g/mol. The van der Waals surface area contributed by atoms with Crippen molar-refractivity contribution in [3.8, 4) is 0 Å². The van der Waals surface area contributed by atoms with Crippen molar-refractivity contribution in [2.45, 2.75) is 6.54 Å². The number of hydrogen-bond acceptors (Lipinski definition) is 6. The Morgan fingerprint density at radius 2 is 2.00 bits per heavy atom. The molecule has 120 valence electrons. The summed E-state index contributed by atoms with van der Waals surface area (Å²) in [5, 5.41) is 14.9. The molecule has 0 aliphatic rings. The zero-order valence-electron chi connectivity index (χ0n) is 11.2. The topological polar surface area (TPSA) is 113 Å². The van der Waals surface area contributed by atoms with E-state index in [0.717, 1.165) is 0 Å². The van der Waals surface area contributed by atoms with Crippen molar-refractivity contribution in [2.24, 2.45) is 0 Å². The third-order valence-electron chi connectivity index (χ3n) is 2.97. The molecule has 2 N–H and O–H groups in total. The molecule has 0 unspecified atom stereocenters. The Kier molecular flexibility index (Phi) is 4.52. The maximum atomic E-state index is 13.9. The minimum atomic E-state index is -1.04. The third-order valence-corrected chi connectivity index (χ3v) is 2.97. The summed E-state index contributed by atoms with van der Waals surface area (Å²) in [6, 6.07) is 1.30. The Bertz CT molecular complexity index is 877. The van der Waals surface area contributed by atoms with Crippen LogP contribution in [0.15, 0.2) is 18.3 Å². The number of non-ortho nitro benzene ring substituents is 1. The number of halogens is 2. The summed E-state index contributed by atoms with van der Waals surface area (Å²) in [5.74, 6) is -2.14. The van der Waals surface area contributed by atoms with Crippen LogP contribution in [0.25, 0.3) is 11.0 Å². The van der Waals surface area contributed by atoms with Gasteiger partial charge in [0.05, 0.1) is 29.2 Å². The van der Waals surface area contributed by atoms with Gasteiger partial charge >= 0.3 is 0 Å². The van der Waals surface area contributed by atoms with Crippen molar-refractivity contribution in [1.29, 1.82) is 0 Å². The average molecular weight is 361 g/mol. The first-order valence-corrected chi connectivity index (χ1v) is 5.94. The molecule has 3 aromatic rings. The molecule has 0 bridgehead atoms. The summed E-state index contributed by atoms with van der Waals surface area (Å²) in [7, 11) is 0. The fraction of sp³-hybridized carbons (Fsp3) is 0.0833. The van der Waals surface area contributed by atoms with E-state index in [9.17, 15) is 18.9 Å². The second kappa shape index (κ2) is 6.23. The summed E-state index contributed by atoms with van der Waals surface area (Å²) in [5.41, 5.74) is 4.66. The van der Waals surface area contributed by atoms with Crippen molar-refractivity contribution in [1.82, 2.24) is 19.7 Å². The van der Waals surface area contributed by atoms with Crippen LogP contribution in [0.4, 0.5) is 20.4 Å². The van der Waals surface area contributed by atoms with Gasteiger partial charge in [-0.25, -0.2) is 13.9 Å². The molecule has 2 aromatic heterocycles. The van der Waals surface area contributed by atoms with Gasteiger partial charge in [-0.15, -0.1) is 0 Å². The molecule has 0 aliphatic heterocycles. The maximum Gasteiger partial charge on any atom is 0.275 e. The number of rotatable bonds is 3. The van der Waals surface area contributed by atoms with Crippen molar-refractivity contribution < 1.29 is 30.8 Å². The SMILES string of the molecule is Nc1n[c-]c2cnn(Cc3c(F)cc([N+](=O)[O-])cc3F)c2n1.[Fe]. The van der Waals surface area contributed by atoms with Gasteiger partial charge in [-0.2, -0.15) is 0 Å². The van der Waals surface area contributed by atoms with E-state index in [1.165, 1.54) is 10.9 Å². The van der Waals surface area contributed by atoms with Crippen LogP contribution in [0.5, 0.6) is 0 Å². The van der Waals surface area contributed by atoms with Crippen molar-refractivity contribution in [2.75, 3.05) is 5.73 Å². The zero-order valence-corrected chi connectivity index (χ0v) is 12.3. The normalized spacial score (nSPS) is 10.5. The Morgan fingerprint density at radius 1 is 1.35 bits per heavy atom. The standard InChI is InChI=1S/C12H7F2N6O2.Fe/c13-9-1-7(20(21)22)2-10(14)8(9)5-19-11-6(4-17-19)3-16-12(15)18-11;/h1-2,4H,5H2,(H2,15,16,18);/q-1;. The van der Waals surface area contributed by atoms with Gasteiger partial charge in [0, 0.05) is 22.6 Å². The number of nitrogens with zero attached hydrogens (tertiary/aromatic N) is 5. The fourth-order valence-electron chi connectivity index (χ4n) is 1.94. The largest absolute Gasteiger partial charge is 0.406 e. The summed E-state index contributed by atoms with van der Waals surface area (Å²) >= 11 is 0. The molecule has 3 rings (SSSR count). The molecule has 11 heteroatoms. The zero-order chi connectivity index (χ0) is 15.9. The van der Waals surface area contributed by atoms with Crippen LogP contribution in [0, 0.1) is 27.9 Å². The molecule has 1 aromatic carbocycles. The molecule has 0 spiro atoms. The van der Waals surface area contributed by atoms with E-state index in [-0.39, 0.29) is 40.8 Å². The molecular weight excluding hydrogens is 354 g/mol. The Morgan fingerprint density at radius 3 is 2.61 bits per heavy atom. The number of fused-ring (bicyclic) bond motifs is 1. The molecule has 0 fully saturated rings. The predicted octanol–water partition coefficient (Wildman–Crippen LogP) is 1.44. The van der Waals surface area contributed by atoms with Crippen LogP contribution in [-0.4, -0.2) is 24.7 Å². The van der Waals surface area contributed by atoms with E-state index < -0.39 is 22.2 Å². The van der Waals surface area contributed by atoms with Gasteiger partial charge in [-0.1, -0.05) is 5.39 Å². The quantitative estimate of drug-likeness (QED) is 0.327. The fourth-order valence-corrected chi connectivity index (χ4v) is 1.94. The maximum absolute atomic E-state index is 13.9. The first-order valence-electron chi connectivity index (χ1n) is 5.94. The Hall–Kier alpha value is -2.65. The van der Waals surface area contributed by atoms with Crippen molar-refractivity contribution in [3.05, 3.63) is 51.8 Å². The molecule has 0 saturated carbocycles. The van der Waals surface area contributed by atoms with Gasteiger partial charge in [0.25, 0.3) is 5.69 Å². The molecule has 2 heterocycles. The number of nitro groups is 1. The van der Waals surface area contributed by atoms with Crippen LogP contribution >= 0.6 is 0 Å². The third kappa shape index (κ3) is 3.10. The number of nitrogen functional groups attached to an aromatic ring is 1. The second-order valence-corrected chi connectivity index (χ2v) is 4.38. The predicted molar refractivity (Wildman–Crippen MR) is 70.7 cm³/mol. The first-order chi connectivity index (χ1) is 10.5. The number of benzene rings is 1. The second-order valence-electron chi connectivity index (χ2n) is 4.38. The number of aromatic nitrogens is 4. The number of anilines is 1. The van der Waals surface area contributed by atoms with E-state index >= 15 is 0 Å². The van der Waals surface area contributed by atoms with Gasteiger partial charge < -0.3 is 10.7 Å². The van der Waals surface area contributed by atoms with Gasteiger partial charge in [0.15, 0.2) is 0 Å². The molecule has 0 amide bonds. The molecule has 0 saturated heterocycles. The Balaban J connectivity index is 0.00000192. The van der Waals surface area contributed by atoms with Gasteiger partial charge in [-0.05, 0) is 12.4 Å². The number of hydrogen-bond donors (Lipinski definition) is 1. The molecule has 0 aliphatic carbocycles. The Labute approximate surface area is 138 Å². The minimum absolute atomic E-state index is 0. The number of nitro benzene ring substituents is 1. The average Bonchev–Trinajstić information content (AvgIpc) is 2.84. The van der Waals surface area contributed by atoms with Crippen LogP contribution in [-0.2, 0) is 23.6 Å². The van der Waals surface area contributed by atoms with Gasteiger partial charge in [0.1, 0.15) is 17.6 Å². The van der Waals surface area contributed by atoms with E-state index in [2.05, 4.69) is 21.3 Å².